The highest BCUT2D eigenvalue weighted by atomic mass is 32.2. The summed E-state index contributed by atoms with van der Waals surface area (Å²) >= 11 is 1.82. The molecule has 1 amide bonds. The second-order valence-electron chi connectivity index (χ2n) is 3.57. The number of carbonyl (C=O) groups excluding carboxylic acids is 1. The van der Waals surface area contributed by atoms with Crippen LogP contribution in [0, 0.1) is 0 Å². The predicted molar refractivity (Wildman–Crippen MR) is 69.3 cm³/mol. The van der Waals surface area contributed by atoms with Crippen molar-refractivity contribution in [2.24, 2.45) is 5.73 Å². The van der Waals surface area contributed by atoms with Crippen molar-refractivity contribution in [1.29, 1.82) is 0 Å². The first-order valence-corrected chi connectivity index (χ1v) is 6.47. The number of hydrogen-bond donors (Lipinski definition) is 2. The molecule has 0 bridgehead atoms. The van der Waals surface area contributed by atoms with Crippen LogP contribution < -0.4 is 11.1 Å². The van der Waals surface area contributed by atoms with Gasteiger partial charge in [0.05, 0.1) is 6.04 Å². The molecule has 1 unspecified atom stereocenters. The molecule has 3 nitrogen and oxygen atoms in total. The molecule has 1 rings (SSSR count). The van der Waals surface area contributed by atoms with Crippen LogP contribution in [-0.4, -0.2) is 24.7 Å². The molecule has 0 saturated heterocycles. The Morgan fingerprint density at radius 3 is 2.69 bits per heavy atom. The molecule has 4 heteroatoms. The highest BCUT2D eigenvalue weighted by Crippen LogP contribution is 2.13. The summed E-state index contributed by atoms with van der Waals surface area (Å²) in [5.41, 5.74) is 6.54. The molecular formula is C12H18N2OS. The lowest BCUT2D eigenvalue weighted by atomic mass is 10.2. The van der Waals surface area contributed by atoms with E-state index in [0.717, 1.165) is 17.9 Å². The predicted octanol–water partition coefficient (Wildman–Crippen LogP) is 1.38. The van der Waals surface area contributed by atoms with Gasteiger partial charge in [0.2, 0.25) is 5.91 Å². The Hall–Kier alpha value is -1.00. The number of likely N-dealkylation sites (N-methyl/N-ethyl adjacent to an activating group) is 1. The molecule has 0 spiro atoms. The third kappa shape index (κ3) is 4.68. The van der Waals surface area contributed by atoms with E-state index in [1.165, 1.54) is 5.56 Å². The summed E-state index contributed by atoms with van der Waals surface area (Å²) in [5, 5.41) is 2.91. The number of nitrogens with one attached hydrogen (secondary N) is 1. The fourth-order valence-electron chi connectivity index (χ4n) is 1.39. The average molecular weight is 238 g/mol. The van der Waals surface area contributed by atoms with Crippen LogP contribution in [0.25, 0.3) is 0 Å². The summed E-state index contributed by atoms with van der Waals surface area (Å²) in [7, 11) is 1.76. The molecule has 0 heterocycles. The molecule has 0 aromatic heterocycles. The summed E-state index contributed by atoms with van der Waals surface area (Å²) in [4.78, 5) is 10.9. The van der Waals surface area contributed by atoms with Gasteiger partial charge in [-0.25, -0.2) is 0 Å². The largest absolute Gasteiger partial charge is 0.368 e. The van der Waals surface area contributed by atoms with Crippen molar-refractivity contribution in [2.75, 3.05) is 12.8 Å². The van der Waals surface area contributed by atoms with Crippen LogP contribution in [0.15, 0.2) is 30.3 Å². The highest BCUT2D eigenvalue weighted by molar-refractivity contribution is 7.98. The molecule has 16 heavy (non-hydrogen) atoms. The minimum atomic E-state index is -0.275. The summed E-state index contributed by atoms with van der Waals surface area (Å²) in [6.07, 6.45) is 0.781. The number of nitrogens with two attached hydrogens (primary N) is 1. The lowest BCUT2D eigenvalue weighted by molar-refractivity contribution is -0.119. The Balaban J connectivity index is 2.19. The Labute approximate surface area is 101 Å². The van der Waals surface area contributed by atoms with E-state index in [4.69, 9.17) is 5.73 Å². The van der Waals surface area contributed by atoms with Gasteiger partial charge in [-0.3, -0.25) is 4.79 Å². The summed E-state index contributed by atoms with van der Waals surface area (Å²) in [6.45, 7) is 0. The number of hydrogen-bond acceptors (Lipinski definition) is 3. The number of benzene rings is 1. The van der Waals surface area contributed by atoms with Gasteiger partial charge in [-0.1, -0.05) is 30.3 Å². The first-order valence-electron chi connectivity index (χ1n) is 5.32. The minimum absolute atomic E-state index is 0.205. The van der Waals surface area contributed by atoms with Crippen LogP contribution in [0.3, 0.4) is 0 Å². The van der Waals surface area contributed by atoms with Crippen molar-refractivity contribution in [3.63, 3.8) is 0 Å². The normalized spacial score (nSPS) is 12.3. The second-order valence-corrected chi connectivity index (χ2v) is 4.68. The van der Waals surface area contributed by atoms with Crippen molar-refractivity contribution < 1.29 is 4.79 Å². The van der Waals surface area contributed by atoms with Crippen LogP contribution in [-0.2, 0) is 10.5 Å². The summed E-state index contributed by atoms with van der Waals surface area (Å²) in [5.74, 6) is 1.64. The third-order valence-corrected chi connectivity index (χ3v) is 3.42. The zero-order valence-corrected chi connectivity index (χ0v) is 10.3. The lowest BCUT2D eigenvalue weighted by Gasteiger charge is -2.11. The zero-order valence-electron chi connectivity index (χ0n) is 9.48. The van der Waals surface area contributed by atoms with E-state index in [9.17, 15) is 4.79 Å². The van der Waals surface area contributed by atoms with Gasteiger partial charge in [-0.15, -0.1) is 0 Å². The monoisotopic (exact) mass is 238 g/mol. The van der Waals surface area contributed by atoms with Crippen LogP contribution in [0.1, 0.15) is 12.0 Å². The Bertz CT molecular complexity index is 316. The topological polar surface area (TPSA) is 55.1 Å². The standard InChI is InChI=1S/C12H18N2OS/c1-14-11(12(13)15)7-8-16-9-10-5-3-2-4-6-10/h2-6,11,14H,7-9H2,1H3,(H2,13,15). The van der Waals surface area contributed by atoms with E-state index < -0.39 is 0 Å². The number of thioether (sulfide) groups is 1. The van der Waals surface area contributed by atoms with E-state index in [-0.39, 0.29) is 11.9 Å². The average Bonchev–Trinajstić information content (AvgIpc) is 2.30. The first-order chi connectivity index (χ1) is 7.74. The maximum absolute atomic E-state index is 10.9. The fourth-order valence-corrected chi connectivity index (χ4v) is 2.37. The van der Waals surface area contributed by atoms with Crippen LogP contribution in [0.2, 0.25) is 0 Å². The fraction of sp³-hybridized carbons (Fsp3) is 0.417. The maximum atomic E-state index is 10.9. The SMILES string of the molecule is CNC(CCSCc1ccccc1)C(N)=O. The van der Waals surface area contributed by atoms with Crippen molar-refractivity contribution in [1.82, 2.24) is 5.32 Å². The molecule has 3 N–H and O–H groups in total. The molecule has 0 saturated carbocycles. The van der Waals surface area contributed by atoms with Crippen molar-refractivity contribution in [3.8, 4) is 0 Å². The lowest BCUT2D eigenvalue weighted by Crippen LogP contribution is -2.39. The molecule has 1 aromatic carbocycles. The summed E-state index contributed by atoms with van der Waals surface area (Å²) in [6, 6.07) is 10.1. The van der Waals surface area contributed by atoms with Crippen LogP contribution in [0.5, 0.6) is 0 Å². The smallest absolute Gasteiger partial charge is 0.234 e. The van der Waals surface area contributed by atoms with Gasteiger partial charge in [0.1, 0.15) is 0 Å². The molecule has 0 aliphatic rings. The number of rotatable bonds is 7. The van der Waals surface area contributed by atoms with E-state index in [1.807, 2.05) is 30.0 Å². The highest BCUT2D eigenvalue weighted by Gasteiger charge is 2.11. The van der Waals surface area contributed by atoms with E-state index >= 15 is 0 Å². The Kier molecular flexibility index (Phi) is 5.96. The third-order valence-electron chi connectivity index (χ3n) is 2.35. The van der Waals surface area contributed by atoms with Gasteiger partial charge in [-0.2, -0.15) is 11.8 Å². The molecule has 1 atom stereocenters. The van der Waals surface area contributed by atoms with Crippen molar-refractivity contribution in [3.05, 3.63) is 35.9 Å². The Morgan fingerprint density at radius 1 is 1.44 bits per heavy atom. The van der Waals surface area contributed by atoms with Crippen molar-refractivity contribution >= 4 is 17.7 Å². The quantitative estimate of drug-likeness (QED) is 0.706. The van der Waals surface area contributed by atoms with Crippen molar-refractivity contribution in [2.45, 2.75) is 18.2 Å². The molecule has 0 aliphatic carbocycles. The number of carbonyl (C=O) groups is 1. The second kappa shape index (κ2) is 7.30. The first kappa shape index (κ1) is 13.1. The van der Waals surface area contributed by atoms with E-state index in [1.54, 1.807) is 7.05 Å². The zero-order chi connectivity index (χ0) is 11.8. The van der Waals surface area contributed by atoms with Gasteiger partial charge in [0.25, 0.3) is 0 Å². The number of amides is 1. The van der Waals surface area contributed by atoms with E-state index in [0.29, 0.717) is 0 Å². The van der Waals surface area contributed by atoms with Gasteiger partial charge in [-0.05, 0) is 24.8 Å². The van der Waals surface area contributed by atoms with Gasteiger partial charge in [0, 0.05) is 5.75 Å². The van der Waals surface area contributed by atoms with E-state index in [2.05, 4.69) is 17.4 Å². The van der Waals surface area contributed by atoms with Gasteiger partial charge < -0.3 is 11.1 Å². The summed E-state index contributed by atoms with van der Waals surface area (Å²) < 4.78 is 0. The van der Waals surface area contributed by atoms with Gasteiger partial charge in [0.15, 0.2) is 0 Å². The molecule has 0 radical (unpaired) electrons. The maximum Gasteiger partial charge on any atom is 0.234 e. The molecule has 0 aliphatic heterocycles. The number of primary amides is 1. The molecule has 0 fully saturated rings. The molecule has 1 aromatic rings. The van der Waals surface area contributed by atoms with Crippen LogP contribution in [0.4, 0.5) is 0 Å². The Morgan fingerprint density at radius 2 is 2.12 bits per heavy atom. The minimum Gasteiger partial charge on any atom is -0.368 e. The van der Waals surface area contributed by atoms with Gasteiger partial charge >= 0.3 is 0 Å². The van der Waals surface area contributed by atoms with Crippen LogP contribution >= 0.6 is 11.8 Å². The molecular weight excluding hydrogens is 220 g/mol. The molecule has 88 valence electrons.